The monoisotopic (exact) mass is 291 g/mol. The van der Waals surface area contributed by atoms with Crippen LogP contribution in [-0.2, 0) is 16.1 Å². The second-order valence-corrected chi connectivity index (χ2v) is 4.78. The molecule has 112 valence electrons. The summed E-state index contributed by atoms with van der Waals surface area (Å²) >= 11 is 0. The van der Waals surface area contributed by atoms with E-state index < -0.39 is 18.5 Å². The van der Waals surface area contributed by atoms with Crippen molar-refractivity contribution in [1.82, 2.24) is 9.78 Å². The predicted molar refractivity (Wildman–Crippen MR) is 65.1 cm³/mol. The van der Waals surface area contributed by atoms with E-state index in [4.69, 9.17) is 4.74 Å². The van der Waals surface area contributed by atoms with Gasteiger partial charge in [0.15, 0.2) is 0 Å². The van der Waals surface area contributed by atoms with Crippen molar-refractivity contribution in [2.24, 2.45) is 0 Å². The number of ether oxygens (including phenoxy) is 1. The van der Waals surface area contributed by atoms with Crippen LogP contribution in [0.25, 0.3) is 0 Å². The highest BCUT2D eigenvalue weighted by Gasteiger charge is 2.31. The lowest BCUT2D eigenvalue weighted by Gasteiger charge is -2.22. The molecule has 2 rings (SSSR count). The first-order valence-corrected chi connectivity index (χ1v) is 6.43. The summed E-state index contributed by atoms with van der Waals surface area (Å²) in [5.74, 6) is -1.09. The molecule has 1 saturated heterocycles. The lowest BCUT2D eigenvalue weighted by molar-refractivity contribution is -0.150. The van der Waals surface area contributed by atoms with Gasteiger partial charge in [-0.1, -0.05) is 0 Å². The van der Waals surface area contributed by atoms with Crippen LogP contribution in [0.15, 0.2) is 12.4 Å². The molecule has 0 aliphatic carbocycles. The Morgan fingerprint density at radius 3 is 2.95 bits per heavy atom. The largest absolute Gasteiger partial charge is 0.397 e. The van der Waals surface area contributed by atoms with Gasteiger partial charge in [0.2, 0.25) is 5.91 Å². The van der Waals surface area contributed by atoms with Gasteiger partial charge in [-0.2, -0.15) is 18.3 Å². The summed E-state index contributed by atoms with van der Waals surface area (Å²) in [5, 5.41) is 6.17. The van der Waals surface area contributed by atoms with Crippen molar-refractivity contribution >= 4 is 11.6 Å². The number of nitrogens with zero attached hydrogens (tertiary/aromatic N) is 2. The summed E-state index contributed by atoms with van der Waals surface area (Å²) < 4.78 is 43.2. The molecule has 2 heterocycles. The summed E-state index contributed by atoms with van der Waals surface area (Å²) in [5.41, 5.74) is 0.259. The molecule has 8 heteroatoms. The van der Waals surface area contributed by atoms with Crippen LogP contribution < -0.4 is 5.32 Å². The number of alkyl halides is 3. The summed E-state index contributed by atoms with van der Waals surface area (Å²) in [6.45, 7) is 1.26. The van der Waals surface area contributed by atoms with E-state index in [-0.39, 0.29) is 11.8 Å². The number of amides is 1. The second kappa shape index (κ2) is 6.25. The molecule has 1 fully saturated rings. The Balaban J connectivity index is 1.84. The molecule has 1 aromatic heterocycles. The normalized spacial score (nSPS) is 19.9. The van der Waals surface area contributed by atoms with Crippen LogP contribution in [0.4, 0.5) is 18.9 Å². The fraction of sp³-hybridized carbons (Fsp3) is 0.667. The van der Waals surface area contributed by atoms with Gasteiger partial charge in [0.1, 0.15) is 6.42 Å². The number of anilines is 1. The fourth-order valence-electron chi connectivity index (χ4n) is 2.08. The maximum atomic E-state index is 12.0. The van der Waals surface area contributed by atoms with Gasteiger partial charge in [0.05, 0.1) is 24.5 Å². The van der Waals surface area contributed by atoms with E-state index in [1.807, 2.05) is 0 Å². The van der Waals surface area contributed by atoms with Gasteiger partial charge in [-0.3, -0.25) is 9.48 Å². The minimum absolute atomic E-state index is 0.0716. The number of nitrogens with one attached hydrogen (secondary N) is 1. The zero-order valence-corrected chi connectivity index (χ0v) is 10.8. The van der Waals surface area contributed by atoms with Crippen LogP contribution in [0, 0.1) is 0 Å². The van der Waals surface area contributed by atoms with Gasteiger partial charge in [-0.05, 0) is 19.3 Å². The molecule has 0 aromatic carbocycles. The molecule has 0 spiro atoms. The van der Waals surface area contributed by atoms with Crippen LogP contribution in [0.3, 0.4) is 0 Å². The molecule has 0 unspecified atom stereocenters. The van der Waals surface area contributed by atoms with Crippen molar-refractivity contribution in [3.05, 3.63) is 12.4 Å². The molecule has 1 amide bonds. The van der Waals surface area contributed by atoms with Gasteiger partial charge in [-0.25, -0.2) is 0 Å². The highest BCUT2D eigenvalue weighted by Crippen LogP contribution is 2.20. The number of aromatic nitrogens is 2. The molecule has 1 aromatic rings. The zero-order chi connectivity index (χ0) is 14.6. The van der Waals surface area contributed by atoms with Crippen molar-refractivity contribution in [2.45, 2.75) is 44.5 Å². The molecule has 1 atom stereocenters. The van der Waals surface area contributed by atoms with Crippen LogP contribution in [0.1, 0.15) is 25.7 Å². The van der Waals surface area contributed by atoms with Crippen LogP contribution >= 0.6 is 0 Å². The van der Waals surface area contributed by atoms with Crippen molar-refractivity contribution in [1.29, 1.82) is 0 Å². The van der Waals surface area contributed by atoms with Crippen LogP contribution in [0.2, 0.25) is 0 Å². The number of carbonyl (C=O) groups is 1. The third kappa shape index (κ3) is 4.84. The number of hydrogen-bond acceptors (Lipinski definition) is 3. The van der Waals surface area contributed by atoms with Crippen molar-refractivity contribution in [3.8, 4) is 0 Å². The van der Waals surface area contributed by atoms with E-state index in [2.05, 4.69) is 10.4 Å². The Kier molecular flexibility index (Phi) is 4.64. The molecule has 5 nitrogen and oxygen atoms in total. The van der Waals surface area contributed by atoms with Crippen LogP contribution in [0.5, 0.6) is 0 Å². The molecule has 1 N–H and O–H groups in total. The number of halogens is 3. The Labute approximate surface area is 114 Å². The standard InChI is InChI=1S/C12H16F3N3O2/c13-12(14,15)5-11(19)17-9-6-16-18(7-9)8-10-3-1-2-4-20-10/h6-7,10H,1-5,8H2,(H,17,19)/t10-/m0/s1. The number of rotatable bonds is 4. The van der Waals surface area contributed by atoms with E-state index in [9.17, 15) is 18.0 Å². The van der Waals surface area contributed by atoms with E-state index in [0.717, 1.165) is 25.9 Å². The quantitative estimate of drug-likeness (QED) is 0.926. The van der Waals surface area contributed by atoms with E-state index in [0.29, 0.717) is 6.54 Å². The molecule has 20 heavy (non-hydrogen) atoms. The first-order chi connectivity index (χ1) is 9.42. The minimum atomic E-state index is -4.50. The maximum Gasteiger partial charge on any atom is 0.397 e. The summed E-state index contributed by atoms with van der Waals surface area (Å²) in [7, 11) is 0. The highest BCUT2D eigenvalue weighted by molar-refractivity contribution is 5.90. The number of hydrogen-bond donors (Lipinski definition) is 1. The van der Waals surface area contributed by atoms with Gasteiger partial charge in [0, 0.05) is 12.8 Å². The average molecular weight is 291 g/mol. The first-order valence-electron chi connectivity index (χ1n) is 6.43. The number of carbonyl (C=O) groups excluding carboxylic acids is 1. The van der Waals surface area contributed by atoms with E-state index in [1.54, 1.807) is 4.68 Å². The minimum Gasteiger partial charge on any atom is -0.376 e. The molecule has 1 aliphatic rings. The SMILES string of the molecule is O=C(CC(F)(F)F)Nc1cnn(C[C@@H]2CCCCO2)c1. The van der Waals surface area contributed by atoms with E-state index >= 15 is 0 Å². The van der Waals surface area contributed by atoms with Gasteiger partial charge >= 0.3 is 6.18 Å². The van der Waals surface area contributed by atoms with Gasteiger partial charge in [0.25, 0.3) is 0 Å². The Bertz CT molecular complexity index is 453. The predicted octanol–water partition coefficient (Wildman–Crippen LogP) is 2.34. The fourth-order valence-corrected chi connectivity index (χ4v) is 2.08. The Morgan fingerprint density at radius 1 is 1.50 bits per heavy atom. The zero-order valence-electron chi connectivity index (χ0n) is 10.8. The van der Waals surface area contributed by atoms with Gasteiger partial charge < -0.3 is 10.1 Å². The Hall–Kier alpha value is -1.57. The van der Waals surface area contributed by atoms with E-state index in [1.165, 1.54) is 12.4 Å². The van der Waals surface area contributed by atoms with Crippen LogP contribution in [-0.4, -0.2) is 34.6 Å². The molecule has 0 saturated carbocycles. The third-order valence-corrected chi connectivity index (χ3v) is 2.94. The summed E-state index contributed by atoms with van der Waals surface area (Å²) in [6, 6.07) is 0. The first kappa shape index (κ1) is 14.8. The van der Waals surface area contributed by atoms with Crippen molar-refractivity contribution < 1.29 is 22.7 Å². The molecular weight excluding hydrogens is 275 g/mol. The smallest absolute Gasteiger partial charge is 0.376 e. The molecular formula is C12H16F3N3O2. The summed E-state index contributed by atoms with van der Waals surface area (Å²) in [4.78, 5) is 11.1. The lowest BCUT2D eigenvalue weighted by Crippen LogP contribution is -2.24. The maximum absolute atomic E-state index is 12.0. The molecule has 1 aliphatic heterocycles. The second-order valence-electron chi connectivity index (χ2n) is 4.78. The van der Waals surface area contributed by atoms with Crippen molar-refractivity contribution in [2.75, 3.05) is 11.9 Å². The lowest BCUT2D eigenvalue weighted by atomic mass is 10.1. The average Bonchev–Trinajstić information content (AvgIpc) is 2.75. The highest BCUT2D eigenvalue weighted by atomic mass is 19.4. The topological polar surface area (TPSA) is 56.2 Å². The third-order valence-electron chi connectivity index (χ3n) is 2.94. The van der Waals surface area contributed by atoms with Crippen molar-refractivity contribution in [3.63, 3.8) is 0 Å². The summed E-state index contributed by atoms with van der Waals surface area (Å²) in [6.07, 6.45) is -0.00339. The van der Waals surface area contributed by atoms with Gasteiger partial charge in [-0.15, -0.1) is 0 Å². The Morgan fingerprint density at radius 2 is 2.30 bits per heavy atom. The molecule has 0 radical (unpaired) electrons. The molecule has 0 bridgehead atoms.